The van der Waals surface area contributed by atoms with Gasteiger partial charge in [0, 0.05) is 31.1 Å². The number of ether oxygens (including phenoxy) is 2. The Morgan fingerprint density at radius 3 is 2.84 bits per heavy atom. The highest BCUT2D eigenvalue weighted by molar-refractivity contribution is 5.95. The Labute approximate surface area is 146 Å². The molecule has 0 N–H and O–H groups in total. The molecule has 1 aliphatic heterocycles. The average Bonchev–Trinajstić information content (AvgIpc) is 2.96. The van der Waals surface area contributed by atoms with E-state index < -0.39 is 5.97 Å². The Balaban J connectivity index is 1.87. The maximum Gasteiger partial charge on any atom is 0.356 e. The summed E-state index contributed by atoms with van der Waals surface area (Å²) in [5.74, 6) is 0.134. The molecule has 0 saturated heterocycles. The van der Waals surface area contributed by atoms with Crippen LogP contribution in [0.3, 0.4) is 0 Å². The number of fused-ring (bicyclic) bond motifs is 1. The number of esters is 1. The minimum Gasteiger partial charge on any atom is -0.497 e. The van der Waals surface area contributed by atoms with E-state index in [1.165, 1.54) is 0 Å². The molecule has 0 radical (unpaired) electrons. The van der Waals surface area contributed by atoms with E-state index in [0.29, 0.717) is 43.1 Å². The zero-order chi connectivity index (χ0) is 18.0. The highest BCUT2D eigenvalue weighted by Crippen LogP contribution is 2.24. The third-order valence-corrected chi connectivity index (χ3v) is 4.27. The number of aromatic nitrogens is 2. The Kier molecular flexibility index (Phi) is 4.74. The van der Waals surface area contributed by atoms with Gasteiger partial charge in [-0.05, 0) is 25.1 Å². The third kappa shape index (κ3) is 3.22. The molecule has 0 aliphatic carbocycles. The topological polar surface area (TPSA) is 73.7 Å². The van der Waals surface area contributed by atoms with E-state index >= 15 is 0 Å². The predicted octanol–water partition coefficient (Wildman–Crippen LogP) is 1.80. The molecular weight excluding hydrogens is 322 g/mol. The Hall–Kier alpha value is -2.83. The number of carbonyl (C=O) groups is 2. The summed E-state index contributed by atoms with van der Waals surface area (Å²) < 4.78 is 11.9. The number of rotatable bonds is 4. The van der Waals surface area contributed by atoms with Crippen molar-refractivity contribution in [3.8, 4) is 5.75 Å². The third-order valence-electron chi connectivity index (χ3n) is 4.27. The summed E-state index contributed by atoms with van der Waals surface area (Å²) in [7, 11) is 3.29. The van der Waals surface area contributed by atoms with Crippen LogP contribution in [0.5, 0.6) is 5.75 Å². The van der Waals surface area contributed by atoms with Crippen molar-refractivity contribution in [2.45, 2.75) is 19.9 Å². The monoisotopic (exact) mass is 343 g/mol. The van der Waals surface area contributed by atoms with Gasteiger partial charge in [-0.1, -0.05) is 6.07 Å². The van der Waals surface area contributed by atoms with Gasteiger partial charge in [0.1, 0.15) is 5.75 Å². The maximum atomic E-state index is 12.8. The Morgan fingerprint density at radius 2 is 2.12 bits per heavy atom. The molecular formula is C18H21N3O4. The molecule has 2 heterocycles. The first-order valence-corrected chi connectivity index (χ1v) is 8.20. The molecule has 1 aromatic heterocycles. The number of carbonyl (C=O) groups excluding carboxylic acids is 2. The summed E-state index contributed by atoms with van der Waals surface area (Å²) in [5, 5.41) is 4.41. The second-order valence-corrected chi connectivity index (χ2v) is 5.83. The Morgan fingerprint density at radius 1 is 1.32 bits per heavy atom. The van der Waals surface area contributed by atoms with Crippen molar-refractivity contribution in [3.05, 3.63) is 46.8 Å². The molecule has 2 aromatic rings. The fourth-order valence-corrected chi connectivity index (χ4v) is 3.07. The van der Waals surface area contributed by atoms with Gasteiger partial charge in [-0.15, -0.1) is 0 Å². The summed E-state index contributed by atoms with van der Waals surface area (Å²) in [6, 6.07) is 7.06. The van der Waals surface area contributed by atoms with Crippen molar-refractivity contribution in [2.75, 3.05) is 20.3 Å². The minimum atomic E-state index is -0.408. The lowest BCUT2D eigenvalue weighted by Crippen LogP contribution is -2.36. The van der Waals surface area contributed by atoms with E-state index in [1.807, 2.05) is 0 Å². The van der Waals surface area contributed by atoms with Gasteiger partial charge in [0.25, 0.3) is 5.91 Å². The van der Waals surface area contributed by atoms with E-state index in [-0.39, 0.29) is 5.91 Å². The zero-order valence-corrected chi connectivity index (χ0v) is 14.6. The standard InChI is InChI=1S/C18H21N3O4/c1-4-25-18(23)16-14-11-21(9-8-15(14)19-20(16)2)17(22)12-6-5-7-13(10-12)24-3/h5-7,10H,4,8-9,11H2,1-3H3. The molecule has 132 valence electrons. The summed E-state index contributed by atoms with van der Waals surface area (Å²) in [5.41, 5.74) is 2.59. The van der Waals surface area contributed by atoms with Gasteiger partial charge >= 0.3 is 5.97 Å². The molecule has 0 spiro atoms. The number of amides is 1. The van der Waals surface area contributed by atoms with Crippen LogP contribution in [-0.2, 0) is 24.8 Å². The predicted molar refractivity (Wildman–Crippen MR) is 90.6 cm³/mol. The molecule has 1 amide bonds. The van der Waals surface area contributed by atoms with Crippen LogP contribution in [0.15, 0.2) is 24.3 Å². The van der Waals surface area contributed by atoms with Crippen molar-refractivity contribution in [3.63, 3.8) is 0 Å². The summed E-state index contributed by atoms with van der Waals surface area (Å²) in [4.78, 5) is 26.8. The summed E-state index contributed by atoms with van der Waals surface area (Å²) >= 11 is 0. The van der Waals surface area contributed by atoms with E-state index in [0.717, 1.165) is 11.3 Å². The lowest BCUT2D eigenvalue weighted by molar-refractivity contribution is 0.0508. The lowest BCUT2D eigenvalue weighted by atomic mass is 10.0. The number of methoxy groups -OCH3 is 1. The summed E-state index contributed by atoms with van der Waals surface area (Å²) in [6.45, 7) is 2.96. The molecule has 0 atom stereocenters. The van der Waals surface area contributed by atoms with Crippen LogP contribution in [0.4, 0.5) is 0 Å². The van der Waals surface area contributed by atoms with Crippen molar-refractivity contribution >= 4 is 11.9 Å². The van der Waals surface area contributed by atoms with Crippen molar-refractivity contribution in [1.29, 1.82) is 0 Å². The van der Waals surface area contributed by atoms with Gasteiger partial charge in [-0.25, -0.2) is 4.79 Å². The quantitative estimate of drug-likeness (QED) is 0.792. The van der Waals surface area contributed by atoms with Crippen molar-refractivity contribution < 1.29 is 19.1 Å². The molecule has 7 nitrogen and oxygen atoms in total. The lowest BCUT2D eigenvalue weighted by Gasteiger charge is -2.27. The van der Waals surface area contributed by atoms with Crippen LogP contribution < -0.4 is 4.74 Å². The molecule has 25 heavy (non-hydrogen) atoms. The number of benzene rings is 1. The number of nitrogens with zero attached hydrogens (tertiary/aromatic N) is 3. The van der Waals surface area contributed by atoms with Gasteiger partial charge in [0.15, 0.2) is 5.69 Å². The van der Waals surface area contributed by atoms with E-state index in [1.54, 1.807) is 54.9 Å². The van der Waals surface area contributed by atoms with Gasteiger partial charge in [0.2, 0.25) is 0 Å². The largest absolute Gasteiger partial charge is 0.497 e. The molecule has 0 fully saturated rings. The fraction of sp³-hybridized carbons (Fsp3) is 0.389. The molecule has 0 bridgehead atoms. The first kappa shape index (κ1) is 17.0. The number of aryl methyl sites for hydroxylation is 1. The second kappa shape index (κ2) is 6.96. The molecule has 0 unspecified atom stereocenters. The molecule has 1 aromatic carbocycles. The molecule has 7 heteroatoms. The first-order valence-electron chi connectivity index (χ1n) is 8.20. The van der Waals surface area contributed by atoms with Gasteiger partial charge in [-0.3, -0.25) is 9.48 Å². The number of hydrogen-bond acceptors (Lipinski definition) is 5. The van der Waals surface area contributed by atoms with Gasteiger partial charge in [0.05, 0.1) is 26.0 Å². The van der Waals surface area contributed by atoms with E-state index in [2.05, 4.69) is 5.10 Å². The highest BCUT2D eigenvalue weighted by Gasteiger charge is 2.30. The average molecular weight is 343 g/mol. The fourth-order valence-electron chi connectivity index (χ4n) is 3.07. The van der Waals surface area contributed by atoms with E-state index in [9.17, 15) is 9.59 Å². The maximum absolute atomic E-state index is 12.8. The van der Waals surface area contributed by atoms with Crippen LogP contribution in [-0.4, -0.2) is 46.8 Å². The van der Waals surface area contributed by atoms with Crippen molar-refractivity contribution in [2.24, 2.45) is 7.05 Å². The first-order chi connectivity index (χ1) is 12.0. The zero-order valence-electron chi connectivity index (χ0n) is 14.6. The van der Waals surface area contributed by atoms with Crippen LogP contribution >= 0.6 is 0 Å². The van der Waals surface area contributed by atoms with Crippen LogP contribution in [0, 0.1) is 0 Å². The summed E-state index contributed by atoms with van der Waals surface area (Å²) in [6.07, 6.45) is 0.609. The highest BCUT2D eigenvalue weighted by atomic mass is 16.5. The SMILES string of the molecule is CCOC(=O)c1c2c(nn1C)CCN(C(=O)c1cccc(OC)c1)C2. The van der Waals surface area contributed by atoms with Crippen molar-refractivity contribution in [1.82, 2.24) is 14.7 Å². The van der Waals surface area contributed by atoms with E-state index in [4.69, 9.17) is 9.47 Å². The van der Waals surface area contributed by atoms with Crippen LogP contribution in [0.1, 0.15) is 39.0 Å². The van der Waals surface area contributed by atoms with Gasteiger partial charge < -0.3 is 14.4 Å². The van der Waals surface area contributed by atoms with Crippen LogP contribution in [0.2, 0.25) is 0 Å². The molecule has 0 saturated carbocycles. The smallest absolute Gasteiger partial charge is 0.356 e. The second-order valence-electron chi connectivity index (χ2n) is 5.83. The molecule has 1 aliphatic rings. The Bertz CT molecular complexity index is 813. The van der Waals surface area contributed by atoms with Gasteiger partial charge in [-0.2, -0.15) is 5.10 Å². The number of hydrogen-bond donors (Lipinski definition) is 0. The van der Waals surface area contributed by atoms with Crippen LogP contribution in [0.25, 0.3) is 0 Å². The molecule has 3 rings (SSSR count). The normalized spacial score (nSPS) is 13.3. The minimum absolute atomic E-state index is 0.0942.